The van der Waals surface area contributed by atoms with Crippen molar-refractivity contribution in [3.05, 3.63) is 0 Å². The number of hydrogen-bond donors (Lipinski definition) is 2. The summed E-state index contributed by atoms with van der Waals surface area (Å²) < 4.78 is 5.93. The summed E-state index contributed by atoms with van der Waals surface area (Å²) in [7, 11) is 0. The summed E-state index contributed by atoms with van der Waals surface area (Å²) in [6.07, 6.45) is 10.0. The molecule has 3 aliphatic rings. The average molecular weight is 293 g/mol. The summed E-state index contributed by atoms with van der Waals surface area (Å²) in [4.78, 5) is 4.87. The molecule has 4 heteroatoms. The summed E-state index contributed by atoms with van der Waals surface area (Å²) in [6, 6.07) is 0.463. The zero-order valence-electron chi connectivity index (χ0n) is 13.6. The third-order valence-electron chi connectivity index (χ3n) is 5.55. The van der Waals surface area contributed by atoms with E-state index in [1.54, 1.807) is 0 Å². The molecule has 2 bridgehead atoms. The molecule has 0 aromatic carbocycles. The van der Waals surface area contributed by atoms with Crippen LogP contribution in [0.1, 0.15) is 58.8 Å². The van der Waals surface area contributed by atoms with Crippen LogP contribution in [0.2, 0.25) is 0 Å². The normalized spacial score (nSPS) is 39.5. The van der Waals surface area contributed by atoms with Gasteiger partial charge in [-0.15, -0.1) is 0 Å². The first-order valence-corrected chi connectivity index (χ1v) is 8.96. The lowest BCUT2D eigenvalue weighted by Gasteiger charge is -2.28. The molecule has 0 spiro atoms. The van der Waals surface area contributed by atoms with E-state index in [9.17, 15) is 0 Å². The van der Waals surface area contributed by atoms with Crippen molar-refractivity contribution in [1.29, 1.82) is 0 Å². The first-order chi connectivity index (χ1) is 10.3. The Labute approximate surface area is 129 Å². The van der Waals surface area contributed by atoms with E-state index in [0.717, 1.165) is 37.3 Å². The number of nitrogens with one attached hydrogen (secondary N) is 2. The van der Waals surface area contributed by atoms with Crippen LogP contribution in [-0.2, 0) is 4.74 Å². The SMILES string of the molecule is CCNC(=NCC1CCCCC1C)NC1CC2CCC1O2. The minimum absolute atomic E-state index is 0.410. The van der Waals surface area contributed by atoms with Gasteiger partial charge in [-0.3, -0.25) is 4.99 Å². The number of aliphatic imine (C=N–C) groups is 1. The standard InChI is InChI=1S/C17H31N3O/c1-3-18-17(19-11-13-7-5-4-6-12(13)2)20-15-10-14-8-9-16(15)21-14/h12-16H,3-11H2,1-2H3,(H2,18,19,20). The van der Waals surface area contributed by atoms with Crippen LogP contribution in [0.3, 0.4) is 0 Å². The molecule has 2 heterocycles. The summed E-state index contributed by atoms with van der Waals surface area (Å²) >= 11 is 0. The Balaban J connectivity index is 1.54. The number of guanidine groups is 1. The molecule has 120 valence electrons. The van der Waals surface area contributed by atoms with Gasteiger partial charge in [-0.2, -0.15) is 0 Å². The maximum atomic E-state index is 5.93. The van der Waals surface area contributed by atoms with Crippen molar-refractivity contribution in [3.63, 3.8) is 0 Å². The number of nitrogens with zero attached hydrogens (tertiary/aromatic N) is 1. The zero-order chi connectivity index (χ0) is 14.7. The lowest BCUT2D eigenvalue weighted by Crippen LogP contribution is -2.47. The molecule has 1 aliphatic carbocycles. The van der Waals surface area contributed by atoms with Crippen LogP contribution >= 0.6 is 0 Å². The smallest absolute Gasteiger partial charge is 0.191 e. The zero-order valence-corrected chi connectivity index (χ0v) is 13.6. The number of ether oxygens (including phenoxy) is 1. The van der Waals surface area contributed by atoms with Gasteiger partial charge in [0.15, 0.2) is 5.96 Å². The molecule has 0 aromatic heterocycles. The fourth-order valence-electron chi connectivity index (χ4n) is 4.16. The van der Waals surface area contributed by atoms with E-state index in [1.807, 2.05) is 0 Å². The second-order valence-electron chi connectivity index (χ2n) is 7.10. The van der Waals surface area contributed by atoms with Crippen molar-refractivity contribution in [1.82, 2.24) is 10.6 Å². The molecule has 2 aliphatic heterocycles. The Morgan fingerprint density at radius 3 is 2.71 bits per heavy atom. The van der Waals surface area contributed by atoms with E-state index < -0.39 is 0 Å². The van der Waals surface area contributed by atoms with Crippen LogP contribution in [0.25, 0.3) is 0 Å². The van der Waals surface area contributed by atoms with Gasteiger partial charge in [-0.05, 0) is 44.4 Å². The lowest BCUT2D eigenvalue weighted by atomic mass is 9.80. The molecule has 3 rings (SSSR count). The highest BCUT2D eigenvalue weighted by Crippen LogP contribution is 2.34. The molecule has 3 fully saturated rings. The minimum Gasteiger partial charge on any atom is -0.373 e. The predicted molar refractivity (Wildman–Crippen MR) is 86.5 cm³/mol. The highest BCUT2D eigenvalue weighted by molar-refractivity contribution is 5.80. The summed E-state index contributed by atoms with van der Waals surface area (Å²) in [5, 5.41) is 7.02. The van der Waals surface area contributed by atoms with Gasteiger partial charge < -0.3 is 15.4 Å². The van der Waals surface area contributed by atoms with Crippen molar-refractivity contribution in [2.45, 2.75) is 77.0 Å². The predicted octanol–water partition coefficient (Wildman–Crippen LogP) is 2.69. The lowest BCUT2D eigenvalue weighted by molar-refractivity contribution is 0.0992. The minimum atomic E-state index is 0.410. The fourth-order valence-corrected chi connectivity index (χ4v) is 4.16. The molecular weight excluding hydrogens is 262 g/mol. The molecule has 4 nitrogen and oxygen atoms in total. The molecule has 2 N–H and O–H groups in total. The monoisotopic (exact) mass is 293 g/mol. The van der Waals surface area contributed by atoms with Gasteiger partial charge >= 0.3 is 0 Å². The highest BCUT2D eigenvalue weighted by atomic mass is 16.5. The Morgan fingerprint density at radius 1 is 1.19 bits per heavy atom. The molecular formula is C17H31N3O. The first kappa shape index (κ1) is 15.1. The summed E-state index contributed by atoms with van der Waals surface area (Å²) in [5.74, 6) is 2.60. The molecule has 0 aromatic rings. The first-order valence-electron chi connectivity index (χ1n) is 8.96. The van der Waals surface area contributed by atoms with Gasteiger partial charge in [-0.25, -0.2) is 0 Å². The van der Waals surface area contributed by atoms with E-state index in [0.29, 0.717) is 18.2 Å². The van der Waals surface area contributed by atoms with E-state index >= 15 is 0 Å². The van der Waals surface area contributed by atoms with Crippen LogP contribution in [0, 0.1) is 11.8 Å². The van der Waals surface area contributed by atoms with Crippen molar-refractivity contribution in [2.24, 2.45) is 16.8 Å². The third-order valence-corrected chi connectivity index (χ3v) is 5.55. The Hall–Kier alpha value is -0.770. The molecule has 2 saturated heterocycles. The van der Waals surface area contributed by atoms with Gasteiger partial charge in [0.2, 0.25) is 0 Å². The van der Waals surface area contributed by atoms with Gasteiger partial charge in [0, 0.05) is 13.1 Å². The van der Waals surface area contributed by atoms with Gasteiger partial charge in [0.05, 0.1) is 18.2 Å². The van der Waals surface area contributed by atoms with Crippen molar-refractivity contribution in [2.75, 3.05) is 13.1 Å². The van der Waals surface area contributed by atoms with Crippen LogP contribution < -0.4 is 10.6 Å². The van der Waals surface area contributed by atoms with Gasteiger partial charge in [0.25, 0.3) is 0 Å². The van der Waals surface area contributed by atoms with Crippen molar-refractivity contribution < 1.29 is 4.74 Å². The fraction of sp³-hybridized carbons (Fsp3) is 0.941. The van der Waals surface area contributed by atoms with Crippen LogP contribution in [0.15, 0.2) is 4.99 Å². The molecule has 21 heavy (non-hydrogen) atoms. The van der Waals surface area contributed by atoms with Crippen LogP contribution in [0.4, 0.5) is 0 Å². The second kappa shape index (κ2) is 6.99. The largest absolute Gasteiger partial charge is 0.373 e. The Morgan fingerprint density at radius 2 is 2.05 bits per heavy atom. The van der Waals surface area contributed by atoms with Gasteiger partial charge in [-0.1, -0.05) is 26.2 Å². The van der Waals surface area contributed by atoms with Crippen molar-refractivity contribution >= 4 is 5.96 Å². The summed E-state index contributed by atoms with van der Waals surface area (Å²) in [6.45, 7) is 6.42. The summed E-state index contributed by atoms with van der Waals surface area (Å²) in [5.41, 5.74) is 0. The third kappa shape index (κ3) is 3.71. The Kier molecular flexibility index (Phi) is 5.04. The van der Waals surface area contributed by atoms with Crippen molar-refractivity contribution in [3.8, 4) is 0 Å². The number of hydrogen-bond acceptors (Lipinski definition) is 2. The quantitative estimate of drug-likeness (QED) is 0.619. The second-order valence-corrected chi connectivity index (χ2v) is 7.10. The molecule has 1 saturated carbocycles. The van der Waals surface area contributed by atoms with Crippen LogP contribution in [0.5, 0.6) is 0 Å². The topological polar surface area (TPSA) is 45.7 Å². The highest BCUT2D eigenvalue weighted by Gasteiger charge is 2.41. The molecule has 5 unspecified atom stereocenters. The van der Waals surface area contributed by atoms with Crippen LogP contribution in [-0.4, -0.2) is 37.3 Å². The average Bonchev–Trinajstić information content (AvgIpc) is 3.09. The molecule has 5 atom stereocenters. The molecule has 0 amide bonds. The van der Waals surface area contributed by atoms with E-state index in [1.165, 1.54) is 38.5 Å². The van der Waals surface area contributed by atoms with E-state index in [-0.39, 0.29) is 0 Å². The maximum Gasteiger partial charge on any atom is 0.191 e. The Bertz CT molecular complexity index is 371. The number of rotatable bonds is 4. The van der Waals surface area contributed by atoms with E-state index in [2.05, 4.69) is 24.5 Å². The van der Waals surface area contributed by atoms with Gasteiger partial charge in [0.1, 0.15) is 0 Å². The number of fused-ring (bicyclic) bond motifs is 2. The molecule has 0 radical (unpaired) electrons. The van der Waals surface area contributed by atoms with E-state index in [4.69, 9.17) is 9.73 Å². The maximum absolute atomic E-state index is 5.93.